The molecule has 0 saturated carbocycles. The number of H-pyrrole nitrogens is 1. The maximum absolute atomic E-state index is 13.6. The van der Waals surface area contributed by atoms with Crippen LogP contribution >= 0.6 is 23.2 Å². The molecule has 3 aromatic rings. The molecular formula is C24H21Cl2N3O2. The van der Waals surface area contributed by atoms with Crippen molar-refractivity contribution in [2.24, 2.45) is 5.41 Å². The van der Waals surface area contributed by atoms with Crippen LogP contribution < -0.4 is 10.9 Å². The van der Waals surface area contributed by atoms with Crippen molar-refractivity contribution >= 4 is 34.8 Å². The molecule has 2 aromatic carbocycles. The number of hydrogen-bond acceptors (Lipinski definition) is 3. The fraction of sp³-hybridized carbons (Fsp3) is 0.250. The molecule has 5 nitrogen and oxygen atoms in total. The molecule has 158 valence electrons. The maximum Gasteiger partial charge on any atom is 0.277 e. The second-order valence-corrected chi connectivity index (χ2v) is 9.78. The number of allylic oxidation sites excluding steroid dienone is 2. The molecule has 5 rings (SSSR count). The van der Waals surface area contributed by atoms with Crippen LogP contribution in [0.2, 0.25) is 10.0 Å². The van der Waals surface area contributed by atoms with E-state index in [0.29, 0.717) is 51.1 Å². The Morgan fingerprint density at radius 3 is 2.48 bits per heavy atom. The number of carbonyl (C=O) groups excluding carboxylic acids is 1. The van der Waals surface area contributed by atoms with E-state index in [-0.39, 0.29) is 16.8 Å². The fourth-order valence-electron chi connectivity index (χ4n) is 4.70. The molecular weight excluding hydrogens is 433 g/mol. The second kappa shape index (κ2) is 7.14. The summed E-state index contributed by atoms with van der Waals surface area (Å²) in [6, 6.07) is 14.6. The van der Waals surface area contributed by atoms with Gasteiger partial charge < -0.3 is 5.32 Å². The number of halogens is 2. The van der Waals surface area contributed by atoms with Crippen molar-refractivity contribution < 1.29 is 4.79 Å². The molecule has 7 heteroatoms. The minimum Gasteiger partial charge on any atom is -0.343 e. The molecule has 0 saturated heterocycles. The first-order valence-electron chi connectivity index (χ1n) is 10.1. The van der Waals surface area contributed by atoms with E-state index < -0.39 is 5.92 Å². The van der Waals surface area contributed by atoms with Crippen molar-refractivity contribution in [2.45, 2.75) is 32.6 Å². The molecule has 0 spiro atoms. The van der Waals surface area contributed by atoms with Crippen LogP contribution in [-0.2, 0) is 4.79 Å². The highest BCUT2D eigenvalue weighted by atomic mass is 35.5. The third-order valence-corrected chi connectivity index (χ3v) is 6.55. The quantitative estimate of drug-likeness (QED) is 0.524. The Hall–Kier alpha value is -2.76. The Bertz CT molecular complexity index is 1300. The van der Waals surface area contributed by atoms with Crippen LogP contribution in [-0.4, -0.2) is 15.6 Å². The van der Waals surface area contributed by atoms with Crippen molar-refractivity contribution in [3.63, 3.8) is 0 Å². The third-order valence-electron chi connectivity index (χ3n) is 5.99. The van der Waals surface area contributed by atoms with Crippen molar-refractivity contribution in [2.75, 3.05) is 5.32 Å². The number of nitrogens with one attached hydrogen (secondary N) is 2. The summed E-state index contributed by atoms with van der Waals surface area (Å²) in [6.07, 6.45) is 1.12. The summed E-state index contributed by atoms with van der Waals surface area (Å²) in [5.74, 6) is 0.0646. The van der Waals surface area contributed by atoms with E-state index in [9.17, 15) is 9.59 Å². The number of hydrogen-bond donors (Lipinski definition) is 2. The Labute approximate surface area is 189 Å². The number of Topliss-reactive ketones (excluding diaryl/α,β-unsaturated/α-hetero) is 1. The van der Waals surface area contributed by atoms with Crippen molar-refractivity contribution in [3.8, 4) is 5.69 Å². The number of nitrogens with zero attached hydrogens (tertiary/aromatic N) is 1. The Morgan fingerprint density at radius 2 is 1.77 bits per heavy atom. The van der Waals surface area contributed by atoms with Crippen LogP contribution in [0.4, 0.5) is 5.82 Å². The van der Waals surface area contributed by atoms with Gasteiger partial charge in [0.05, 0.1) is 11.3 Å². The van der Waals surface area contributed by atoms with Gasteiger partial charge in [-0.3, -0.25) is 14.7 Å². The van der Waals surface area contributed by atoms with Crippen molar-refractivity contribution in [3.05, 3.63) is 91.3 Å². The number of rotatable bonds is 2. The Balaban J connectivity index is 1.77. The highest BCUT2D eigenvalue weighted by Gasteiger charge is 2.43. The lowest BCUT2D eigenvalue weighted by atomic mass is 9.69. The lowest BCUT2D eigenvalue weighted by Gasteiger charge is -2.38. The van der Waals surface area contributed by atoms with E-state index in [4.69, 9.17) is 23.2 Å². The van der Waals surface area contributed by atoms with E-state index in [1.54, 1.807) is 18.2 Å². The van der Waals surface area contributed by atoms with Crippen molar-refractivity contribution in [1.29, 1.82) is 0 Å². The number of aromatic amines is 1. The average Bonchev–Trinajstić information content (AvgIpc) is 3.03. The van der Waals surface area contributed by atoms with Crippen LogP contribution in [0.25, 0.3) is 5.69 Å². The average molecular weight is 454 g/mol. The van der Waals surface area contributed by atoms with Gasteiger partial charge in [0, 0.05) is 33.7 Å². The molecule has 1 atom stereocenters. The normalized spacial score (nSPS) is 19.6. The van der Waals surface area contributed by atoms with E-state index >= 15 is 0 Å². The zero-order chi connectivity index (χ0) is 21.9. The molecule has 0 fully saturated rings. The minimum absolute atomic E-state index is 0.0345. The summed E-state index contributed by atoms with van der Waals surface area (Å²) in [5, 5.41) is 7.50. The largest absolute Gasteiger partial charge is 0.343 e. The summed E-state index contributed by atoms with van der Waals surface area (Å²) in [5.41, 5.74) is 2.98. The predicted molar refractivity (Wildman–Crippen MR) is 123 cm³/mol. The SMILES string of the molecule is CC1(C)CC(=O)C2=C(C1)Nc1[nH]n(-c3ccccc3)c(=O)c1C2c1ccc(Cl)cc1Cl. The number of anilines is 1. The Morgan fingerprint density at radius 1 is 1.03 bits per heavy atom. The third kappa shape index (κ3) is 3.33. The van der Waals surface area contributed by atoms with Gasteiger partial charge in [-0.25, -0.2) is 4.68 Å². The zero-order valence-electron chi connectivity index (χ0n) is 17.1. The summed E-state index contributed by atoms with van der Waals surface area (Å²) in [6.45, 7) is 4.15. The van der Waals surface area contributed by atoms with E-state index in [1.165, 1.54) is 4.68 Å². The zero-order valence-corrected chi connectivity index (χ0v) is 18.6. The fourth-order valence-corrected chi connectivity index (χ4v) is 5.21. The van der Waals surface area contributed by atoms with Gasteiger partial charge in [-0.05, 0) is 41.7 Å². The van der Waals surface area contributed by atoms with Gasteiger partial charge in [0.25, 0.3) is 5.56 Å². The Kier molecular flexibility index (Phi) is 4.65. The van der Waals surface area contributed by atoms with Gasteiger partial charge >= 0.3 is 0 Å². The number of carbonyl (C=O) groups is 1. The molecule has 1 aliphatic carbocycles. The van der Waals surface area contributed by atoms with Gasteiger partial charge in [-0.15, -0.1) is 0 Å². The van der Waals surface area contributed by atoms with Gasteiger partial charge in [0.2, 0.25) is 0 Å². The van der Waals surface area contributed by atoms with Gasteiger partial charge in [0.15, 0.2) is 5.78 Å². The van der Waals surface area contributed by atoms with E-state index in [0.717, 1.165) is 5.70 Å². The predicted octanol–water partition coefficient (Wildman–Crippen LogP) is 5.67. The second-order valence-electron chi connectivity index (χ2n) is 8.93. The molecule has 2 N–H and O–H groups in total. The number of ketones is 1. The molecule has 1 unspecified atom stereocenters. The monoisotopic (exact) mass is 453 g/mol. The molecule has 1 aliphatic heterocycles. The maximum atomic E-state index is 13.6. The highest BCUT2D eigenvalue weighted by Crippen LogP contribution is 2.49. The molecule has 0 amide bonds. The smallest absolute Gasteiger partial charge is 0.277 e. The summed E-state index contributed by atoms with van der Waals surface area (Å²) < 4.78 is 1.50. The standard InChI is InChI=1S/C24H21Cl2N3O2/c1-24(2)11-17-20(18(30)12-24)19(15-9-8-13(25)10-16(15)26)21-22(27-17)28-29(23(21)31)14-6-4-3-5-7-14/h3-10,19,27-28H,11-12H2,1-2H3. The molecule has 0 bridgehead atoms. The molecule has 2 heterocycles. The molecule has 31 heavy (non-hydrogen) atoms. The molecule has 2 aliphatic rings. The van der Waals surface area contributed by atoms with Crippen LogP contribution in [0.5, 0.6) is 0 Å². The lowest BCUT2D eigenvalue weighted by molar-refractivity contribution is -0.118. The molecule has 1 aromatic heterocycles. The number of para-hydroxylation sites is 1. The van der Waals surface area contributed by atoms with Gasteiger partial charge in [0.1, 0.15) is 5.82 Å². The number of fused-ring (bicyclic) bond motifs is 1. The first-order chi connectivity index (χ1) is 14.7. The number of aromatic nitrogens is 2. The minimum atomic E-state index is -0.562. The van der Waals surface area contributed by atoms with Crippen molar-refractivity contribution in [1.82, 2.24) is 9.78 Å². The topological polar surface area (TPSA) is 66.9 Å². The first-order valence-corrected chi connectivity index (χ1v) is 10.9. The molecule has 0 radical (unpaired) electrons. The lowest BCUT2D eigenvalue weighted by Crippen LogP contribution is -2.35. The van der Waals surface area contributed by atoms with Crippen LogP contribution in [0, 0.1) is 5.41 Å². The van der Waals surface area contributed by atoms with E-state index in [1.807, 2.05) is 30.3 Å². The van der Waals surface area contributed by atoms with Crippen LogP contribution in [0.3, 0.4) is 0 Å². The summed E-state index contributed by atoms with van der Waals surface area (Å²) in [7, 11) is 0. The number of benzene rings is 2. The summed E-state index contributed by atoms with van der Waals surface area (Å²) in [4.78, 5) is 26.9. The highest BCUT2D eigenvalue weighted by molar-refractivity contribution is 6.35. The van der Waals surface area contributed by atoms with Gasteiger partial charge in [-0.1, -0.05) is 61.3 Å². The summed E-state index contributed by atoms with van der Waals surface area (Å²) >= 11 is 12.7. The van der Waals surface area contributed by atoms with Gasteiger partial charge in [-0.2, -0.15) is 0 Å². The first kappa shape index (κ1) is 20.2. The van der Waals surface area contributed by atoms with Crippen LogP contribution in [0.1, 0.15) is 43.7 Å². The van der Waals surface area contributed by atoms with E-state index in [2.05, 4.69) is 24.3 Å². The van der Waals surface area contributed by atoms with Crippen LogP contribution in [0.15, 0.2) is 64.6 Å².